The van der Waals surface area contributed by atoms with Gasteiger partial charge in [0.05, 0.1) is 16.9 Å². The van der Waals surface area contributed by atoms with Gasteiger partial charge in [0.15, 0.2) is 0 Å². The van der Waals surface area contributed by atoms with E-state index in [0.717, 1.165) is 11.3 Å². The molecule has 0 aromatic heterocycles. The highest BCUT2D eigenvalue weighted by atomic mass is 32.2. The van der Waals surface area contributed by atoms with Gasteiger partial charge in [0.25, 0.3) is 0 Å². The summed E-state index contributed by atoms with van der Waals surface area (Å²) in [5.74, 6) is -0.0403. The second kappa shape index (κ2) is 4.03. The van der Waals surface area contributed by atoms with Crippen LogP contribution in [-0.4, -0.2) is 49.5 Å². The molecule has 0 unspecified atom stereocenters. The van der Waals surface area contributed by atoms with Gasteiger partial charge in [0, 0.05) is 25.8 Å². The van der Waals surface area contributed by atoms with Crippen LogP contribution in [0.25, 0.3) is 0 Å². The van der Waals surface area contributed by atoms with Crippen molar-refractivity contribution in [3.8, 4) is 0 Å². The van der Waals surface area contributed by atoms with Crippen LogP contribution in [-0.2, 0) is 21.2 Å². The molecule has 1 fully saturated rings. The zero-order valence-electron chi connectivity index (χ0n) is 11.3. The van der Waals surface area contributed by atoms with Crippen molar-refractivity contribution in [2.75, 3.05) is 25.0 Å². The quantitative estimate of drug-likeness (QED) is 0.831. The number of hydrogen-bond acceptors (Lipinski definition) is 4. The fourth-order valence-electron chi connectivity index (χ4n) is 2.64. The van der Waals surface area contributed by atoms with Gasteiger partial charge in [-0.25, -0.2) is 8.42 Å². The molecule has 1 aromatic carbocycles. The Bertz CT molecular complexity index is 688. The summed E-state index contributed by atoms with van der Waals surface area (Å²) in [5, 5.41) is 9.66. The molecule has 0 bridgehead atoms. The fourth-order valence-corrected chi connectivity index (χ4v) is 4.37. The second-order valence-electron chi connectivity index (χ2n) is 5.69. The first-order chi connectivity index (χ1) is 9.21. The lowest BCUT2D eigenvalue weighted by atomic mass is 10.0. The smallest absolute Gasteiger partial charge is 0.243 e. The van der Waals surface area contributed by atoms with Crippen molar-refractivity contribution in [2.24, 2.45) is 0 Å². The number of amides is 1. The van der Waals surface area contributed by atoms with E-state index < -0.39 is 15.6 Å². The van der Waals surface area contributed by atoms with Gasteiger partial charge < -0.3 is 10.0 Å². The zero-order valence-corrected chi connectivity index (χ0v) is 12.1. The number of anilines is 1. The molecule has 1 saturated heterocycles. The molecule has 0 aliphatic carbocycles. The van der Waals surface area contributed by atoms with Crippen LogP contribution in [0.4, 0.5) is 5.69 Å². The van der Waals surface area contributed by atoms with E-state index in [1.807, 2.05) is 0 Å². The van der Waals surface area contributed by atoms with E-state index in [9.17, 15) is 18.3 Å². The Balaban J connectivity index is 1.93. The molecule has 108 valence electrons. The molecule has 2 aliphatic heterocycles. The molecular weight excluding hydrogens is 280 g/mol. The van der Waals surface area contributed by atoms with Crippen LogP contribution in [0.1, 0.15) is 12.5 Å². The lowest BCUT2D eigenvalue weighted by Gasteiger charge is -2.42. The van der Waals surface area contributed by atoms with Crippen LogP contribution in [0.3, 0.4) is 0 Å². The summed E-state index contributed by atoms with van der Waals surface area (Å²) in [6, 6.07) is 4.72. The molecule has 1 aromatic rings. The van der Waals surface area contributed by atoms with Crippen LogP contribution in [0.5, 0.6) is 0 Å². The number of hydrogen-bond donors (Lipinski definition) is 1. The Morgan fingerprint density at radius 3 is 2.55 bits per heavy atom. The van der Waals surface area contributed by atoms with Crippen molar-refractivity contribution < 1.29 is 18.3 Å². The lowest BCUT2D eigenvalue weighted by Crippen LogP contribution is -2.61. The third-order valence-corrected chi connectivity index (χ3v) is 5.59. The Morgan fingerprint density at radius 2 is 1.95 bits per heavy atom. The van der Waals surface area contributed by atoms with Gasteiger partial charge in [-0.2, -0.15) is 4.31 Å². The van der Waals surface area contributed by atoms with Gasteiger partial charge in [-0.05, 0) is 30.7 Å². The van der Waals surface area contributed by atoms with Gasteiger partial charge in [0.1, 0.15) is 0 Å². The third-order valence-electron chi connectivity index (χ3n) is 3.80. The van der Waals surface area contributed by atoms with Crippen molar-refractivity contribution in [3.05, 3.63) is 23.8 Å². The van der Waals surface area contributed by atoms with E-state index in [1.165, 1.54) is 15.3 Å². The molecule has 0 spiro atoms. The standard InChI is InChI=1S/C13H16N2O4S/c1-13(17)7-15(8-13)20(18,19)10-3-4-11-9(5-10)6-12(16)14(11)2/h3-5,17H,6-8H2,1-2H3. The summed E-state index contributed by atoms with van der Waals surface area (Å²) in [5.41, 5.74) is 0.537. The van der Waals surface area contributed by atoms with Crippen molar-refractivity contribution >= 4 is 21.6 Å². The molecule has 6 nitrogen and oxygen atoms in total. The minimum atomic E-state index is -3.59. The average Bonchev–Trinajstić information content (AvgIpc) is 2.61. The maximum atomic E-state index is 12.4. The Labute approximate surface area is 117 Å². The highest BCUT2D eigenvalue weighted by Gasteiger charge is 2.44. The number of β-amino-alcohol motifs (C(OH)–C–C–N with tert-alkyl or cyclic N) is 1. The maximum absolute atomic E-state index is 12.4. The van der Waals surface area contributed by atoms with Crippen molar-refractivity contribution in [2.45, 2.75) is 23.8 Å². The van der Waals surface area contributed by atoms with E-state index in [4.69, 9.17) is 0 Å². The van der Waals surface area contributed by atoms with E-state index in [2.05, 4.69) is 0 Å². The van der Waals surface area contributed by atoms with E-state index in [0.29, 0.717) is 0 Å². The minimum Gasteiger partial charge on any atom is -0.387 e. The highest BCUT2D eigenvalue weighted by Crippen LogP contribution is 2.33. The average molecular weight is 296 g/mol. The number of benzene rings is 1. The monoisotopic (exact) mass is 296 g/mol. The summed E-state index contributed by atoms with van der Waals surface area (Å²) < 4.78 is 26.0. The van der Waals surface area contributed by atoms with E-state index in [-0.39, 0.29) is 30.3 Å². The van der Waals surface area contributed by atoms with E-state index in [1.54, 1.807) is 26.1 Å². The molecule has 3 rings (SSSR count). The molecule has 0 radical (unpaired) electrons. The second-order valence-corrected chi connectivity index (χ2v) is 7.63. The summed E-state index contributed by atoms with van der Waals surface area (Å²) in [7, 11) is -1.91. The van der Waals surface area contributed by atoms with Crippen molar-refractivity contribution in [1.82, 2.24) is 4.31 Å². The predicted octanol–water partition coefficient (Wildman–Crippen LogP) is -0.0392. The first-order valence-electron chi connectivity index (χ1n) is 6.33. The molecule has 0 saturated carbocycles. The SMILES string of the molecule is CN1C(=O)Cc2cc(S(=O)(=O)N3CC(C)(O)C3)ccc21. The van der Waals surface area contributed by atoms with E-state index >= 15 is 0 Å². The number of aliphatic hydroxyl groups is 1. The summed E-state index contributed by atoms with van der Waals surface area (Å²) in [6.45, 7) is 1.81. The molecule has 1 N–H and O–H groups in total. The van der Waals surface area contributed by atoms with Crippen LogP contribution in [0.15, 0.2) is 23.1 Å². The Kier molecular flexibility index (Phi) is 2.73. The van der Waals surface area contributed by atoms with Crippen LogP contribution in [0.2, 0.25) is 0 Å². The van der Waals surface area contributed by atoms with Crippen LogP contribution >= 0.6 is 0 Å². The normalized spacial score (nSPS) is 21.8. The summed E-state index contributed by atoms with van der Waals surface area (Å²) in [6.07, 6.45) is 0.229. The Morgan fingerprint density at radius 1 is 1.30 bits per heavy atom. The van der Waals surface area contributed by atoms with Crippen molar-refractivity contribution in [3.63, 3.8) is 0 Å². The van der Waals surface area contributed by atoms with Gasteiger partial charge in [0.2, 0.25) is 15.9 Å². The lowest BCUT2D eigenvalue weighted by molar-refractivity contribution is -0.117. The van der Waals surface area contributed by atoms with Gasteiger partial charge in [-0.1, -0.05) is 0 Å². The van der Waals surface area contributed by atoms with Crippen molar-refractivity contribution in [1.29, 1.82) is 0 Å². The number of likely N-dealkylation sites (N-methyl/N-ethyl adjacent to an activating group) is 1. The molecule has 20 heavy (non-hydrogen) atoms. The van der Waals surface area contributed by atoms with Crippen LogP contribution in [0, 0.1) is 0 Å². The number of carbonyl (C=O) groups excluding carboxylic acids is 1. The molecular formula is C13H16N2O4S. The minimum absolute atomic E-state index is 0.0403. The predicted molar refractivity (Wildman–Crippen MR) is 72.9 cm³/mol. The molecule has 7 heteroatoms. The number of sulfonamides is 1. The number of nitrogens with zero attached hydrogens (tertiary/aromatic N) is 2. The molecule has 1 amide bonds. The third kappa shape index (κ3) is 1.93. The molecule has 2 heterocycles. The first kappa shape index (κ1) is 13.5. The maximum Gasteiger partial charge on any atom is 0.243 e. The summed E-state index contributed by atoms with van der Waals surface area (Å²) >= 11 is 0. The molecule has 2 aliphatic rings. The largest absolute Gasteiger partial charge is 0.387 e. The Hall–Kier alpha value is -1.44. The summed E-state index contributed by atoms with van der Waals surface area (Å²) in [4.78, 5) is 13.3. The van der Waals surface area contributed by atoms with Crippen LogP contribution < -0.4 is 4.90 Å². The zero-order chi connectivity index (χ0) is 14.7. The van der Waals surface area contributed by atoms with Gasteiger partial charge in [-0.15, -0.1) is 0 Å². The first-order valence-corrected chi connectivity index (χ1v) is 7.77. The molecule has 0 atom stereocenters. The fraction of sp³-hybridized carbons (Fsp3) is 0.462. The van der Waals surface area contributed by atoms with Gasteiger partial charge >= 0.3 is 0 Å². The number of carbonyl (C=O) groups is 1. The van der Waals surface area contributed by atoms with Gasteiger partial charge in [-0.3, -0.25) is 4.79 Å². The number of rotatable bonds is 2. The number of fused-ring (bicyclic) bond motifs is 1. The topological polar surface area (TPSA) is 77.9 Å². The highest BCUT2D eigenvalue weighted by molar-refractivity contribution is 7.89.